The summed E-state index contributed by atoms with van der Waals surface area (Å²) in [6.45, 7) is 2.27. The fourth-order valence-electron chi connectivity index (χ4n) is 4.65. The summed E-state index contributed by atoms with van der Waals surface area (Å²) in [5.41, 5.74) is 7.70. The molecule has 2 aliphatic rings. The molecule has 0 bridgehead atoms. The van der Waals surface area contributed by atoms with Crippen molar-refractivity contribution in [1.82, 2.24) is 0 Å². The molecule has 0 heterocycles. The molecule has 0 nitrogen and oxygen atoms in total. The summed E-state index contributed by atoms with van der Waals surface area (Å²) in [5, 5.41) is 2.91. The standard InChI is InChI=1S/C28H25P/c1-21-20-22-12-8-9-18-26(22)28(27-19-11-10-17-25(21)27)29(23-13-4-2-5-14-23)24-15-6-3-7-16-24/h2-8,10-17,19-20,28H,9,18H2,1H3. The second-order valence-electron chi connectivity index (χ2n) is 7.78. The van der Waals surface area contributed by atoms with Crippen LogP contribution < -0.4 is 10.6 Å². The van der Waals surface area contributed by atoms with Crippen molar-refractivity contribution in [2.45, 2.75) is 25.4 Å². The van der Waals surface area contributed by atoms with Crippen molar-refractivity contribution in [2.24, 2.45) is 0 Å². The Morgan fingerprint density at radius 3 is 2.07 bits per heavy atom. The molecule has 2 aliphatic carbocycles. The van der Waals surface area contributed by atoms with Gasteiger partial charge in [0.05, 0.1) is 0 Å². The summed E-state index contributed by atoms with van der Waals surface area (Å²) in [5.74, 6) is 0. The van der Waals surface area contributed by atoms with E-state index in [1.54, 1.807) is 5.57 Å². The summed E-state index contributed by atoms with van der Waals surface area (Å²) in [6, 6.07) is 31.4. The van der Waals surface area contributed by atoms with Crippen LogP contribution in [-0.2, 0) is 0 Å². The van der Waals surface area contributed by atoms with E-state index in [9.17, 15) is 0 Å². The van der Waals surface area contributed by atoms with Gasteiger partial charge in [0.1, 0.15) is 0 Å². The van der Waals surface area contributed by atoms with Crippen LogP contribution in [0, 0.1) is 0 Å². The molecule has 142 valence electrons. The minimum Gasteiger partial charge on any atom is -0.0836 e. The highest BCUT2D eigenvalue weighted by Gasteiger charge is 2.33. The molecule has 3 aromatic rings. The Balaban J connectivity index is 1.80. The molecule has 0 aliphatic heterocycles. The maximum Gasteiger partial charge on any atom is 0.0346 e. The van der Waals surface area contributed by atoms with E-state index in [-0.39, 0.29) is 0 Å². The molecule has 0 aromatic heterocycles. The van der Waals surface area contributed by atoms with Gasteiger partial charge in [0.15, 0.2) is 0 Å². The van der Waals surface area contributed by atoms with Crippen LogP contribution in [0.2, 0.25) is 0 Å². The molecule has 1 atom stereocenters. The van der Waals surface area contributed by atoms with Gasteiger partial charge in [-0.05, 0) is 60.6 Å². The van der Waals surface area contributed by atoms with Gasteiger partial charge in [0, 0.05) is 5.66 Å². The van der Waals surface area contributed by atoms with Crippen molar-refractivity contribution in [1.29, 1.82) is 0 Å². The third-order valence-corrected chi connectivity index (χ3v) is 8.77. The van der Waals surface area contributed by atoms with Crippen LogP contribution in [0.5, 0.6) is 0 Å². The number of hydrogen-bond acceptors (Lipinski definition) is 0. The van der Waals surface area contributed by atoms with E-state index < -0.39 is 7.92 Å². The zero-order valence-corrected chi connectivity index (χ0v) is 17.6. The maximum absolute atomic E-state index is 2.41. The average Bonchev–Trinajstić information content (AvgIpc) is 2.91. The molecule has 3 aromatic carbocycles. The van der Waals surface area contributed by atoms with Crippen LogP contribution in [0.25, 0.3) is 5.57 Å². The van der Waals surface area contributed by atoms with Crippen LogP contribution in [0.4, 0.5) is 0 Å². The Morgan fingerprint density at radius 2 is 1.38 bits per heavy atom. The van der Waals surface area contributed by atoms with Gasteiger partial charge in [0.2, 0.25) is 0 Å². The predicted molar refractivity (Wildman–Crippen MR) is 127 cm³/mol. The molecule has 0 fully saturated rings. The van der Waals surface area contributed by atoms with Gasteiger partial charge in [-0.2, -0.15) is 0 Å². The number of fused-ring (bicyclic) bond motifs is 1. The smallest absolute Gasteiger partial charge is 0.0346 e. The first kappa shape index (κ1) is 18.3. The van der Waals surface area contributed by atoms with Gasteiger partial charge in [-0.25, -0.2) is 0 Å². The van der Waals surface area contributed by atoms with E-state index in [2.05, 4.69) is 110 Å². The van der Waals surface area contributed by atoms with Gasteiger partial charge in [-0.15, -0.1) is 0 Å². The predicted octanol–water partition coefficient (Wildman–Crippen LogP) is 6.92. The van der Waals surface area contributed by atoms with Gasteiger partial charge in [-0.1, -0.05) is 109 Å². The molecule has 0 spiro atoms. The summed E-state index contributed by atoms with van der Waals surface area (Å²) < 4.78 is 0. The lowest BCUT2D eigenvalue weighted by Crippen LogP contribution is -2.19. The van der Waals surface area contributed by atoms with Crippen molar-refractivity contribution in [3.8, 4) is 0 Å². The highest BCUT2D eigenvalue weighted by molar-refractivity contribution is 7.73. The Bertz CT molecular complexity index is 1060. The lowest BCUT2D eigenvalue weighted by molar-refractivity contribution is 0.886. The Labute approximate surface area is 175 Å². The van der Waals surface area contributed by atoms with Crippen molar-refractivity contribution >= 4 is 24.1 Å². The van der Waals surface area contributed by atoms with E-state index in [4.69, 9.17) is 0 Å². The quantitative estimate of drug-likeness (QED) is 0.424. The van der Waals surface area contributed by atoms with Gasteiger partial charge in [0.25, 0.3) is 0 Å². The van der Waals surface area contributed by atoms with E-state index in [1.807, 2.05) is 0 Å². The molecule has 0 saturated carbocycles. The lowest BCUT2D eigenvalue weighted by atomic mass is 9.92. The van der Waals surface area contributed by atoms with Crippen LogP contribution in [0.15, 0.2) is 114 Å². The molecule has 1 heteroatoms. The third kappa shape index (κ3) is 3.43. The Hall–Kier alpha value is -2.69. The highest BCUT2D eigenvalue weighted by atomic mass is 31.1. The maximum atomic E-state index is 2.41. The van der Waals surface area contributed by atoms with Gasteiger partial charge >= 0.3 is 0 Å². The minimum atomic E-state index is -0.560. The second kappa shape index (κ2) is 7.97. The van der Waals surface area contributed by atoms with Crippen LogP contribution in [-0.4, -0.2) is 0 Å². The molecule has 0 radical (unpaired) electrons. The molecule has 0 saturated heterocycles. The molecular formula is C28H25P. The molecular weight excluding hydrogens is 367 g/mol. The average molecular weight is 392 g/mol. The SMILES string of the molecule is CC1=CC2=C(CCC=C2)C(P(c2ccccc2)c2ccccc2)c2ccccc21. The summed E-state index contributed by atoms with van der Waals surface area (Å²) in [7, 11) is -0.560. The second-order valence-corrected chi connectivity index (χ2v) is 10.1. The van der Waals surface area contributed by atoms with Crippen molar-refractivity contribution in [3.63, 3.8) is 0 Å². The largest absolute Gasteiger partial charge is 0.0836 e. The first-order chi connectivity index (χ1) is 14.3. The van der Waals surface area contributed by atoms with Crippen LogP contribution in [0.1, 0.15) is 36.6 Å². The first-order valence-corrected chi connectivity index (χ1v) is 11.8. The summed E-state index contributed by atoms with van der Waals surface area (Å²) in [6.07, 6.45) is 9.38. The topological polar surface area (TPSA) is 0 Å². The van der Waals surface area contributed by atoms with Crippen LogP contribution >= 0.6 is 7.92 Å². The summed E-state index contributed by atoms with van der Waals surface area (Å²) >= 11 is 0. The first-order valence-electron chi connectivity index (χ1n) is 10.4. The molecule has 1 unspecified atom stereocenters. The minimum absolute atomic E-state index is 0.402. The van der Waals surface area contributed by atoms with Crippen molar-refractivity contribution < 1.29 is 0 Å². The zero-order chi connectivity index (χ0) is 19.6. The molecule has 0 amide bonds. The number of benzene rings is 3. The fourth-order valence-corrected chi connectivity index (χ4v) is 7.62. The lowest BCUT2D eigenvalue weighted by Gasteiger charge is -2.33. The molecule has 5 rings (SSSR count). The van der Waals surface area contributed by atoms with E-state index in [1.165, 1.54) is 32.9 Å². The fraction of sp³-hybridized carbons (Fsp3) is 0.143. The van der Waals surface area contributed by atoms with E-state index in [0.29, 0.717) is 5.66 Å². The number of rotatable bonds is 3. The normalized spacial score (nSPS) is 18.1. The Kier molecular flexibility index (Phi) is 5.04. The zero-order valence-electron chi connectivity index (χ0n) is 16.8. The van der Waals surface area contributed by atoms with E-state index >= 15 is 0 Å². The van der Waals surface area contributed by atoms with E-state index in [0.717, 1.165) is 12.8 Å². The third-order valence-electron chi connectivity index (χ3n) is 5.96. The molecule has 29 heavy (non-hydrogen) atoms. The van der Waals surface area contributed by atoms with Crippen LogP contribution in [0.3, 0.4) is 0 Å². The summed E-state index contributed by atoms with van der Waals surface area (Å²) in [4.78, 5) is 0. The number of hydrogen-bond donors (Lipinski definition) is 0. The van der Waals surface area contributed by atoms with Crippen molar-refractivity contribution in [2.75, 3.05) is 0 Å². The number of allylic oxidation sites excluding steroid dienone is 6. The monoisotopic (exact) mass is 392 g/mol. The van der Waals surface area contributed by atoms with Gasteiger partial charge < -0.3 is 0 Å². The highest BCUT2D eigenvalue weighted by Crippen LogP contribution is 2.58. The Morgan fingerprint density at radius 1 is 0.759 bits per heavy atom. The van der Waals surface area contributed by atoms with Gasteiger partial charge in [-0.3, -0.25) is 0 Å². The van der Waals surface area contributed by atoms with Crippen molar-refractivity contribution in [3.05, 3.63) is 125 Å². The molecule has 0 N–H and O–H groups in total.